The van der Waals surface area contributed by atoms with Gasteiger partial charge in [-0.1, -0.05) is 30.3 Å². The maximum atomic E-state index is 12.9. The average molecular weight is 671 g/mol. The molecule has 0 aliphatic carbocycles. The van der Waals surface area contributed by atoms with E-state index in [1.165, 1.54) is 12.1 Å². The number of phenols is 1. The summed E-state index contributed by atoms with van der Waals surface area (Å²) in [5, 5.41) is 52.3. The van der Waals surface area contributed by atoms with Crippen molar-refractivity contribution in [2.75, 3.05) is 31.1 Å². The topological polar surface area (TPSA) is 159 Å². The molecule has 45 heavy (non-hydrogen) atoms. The fourth-order valence-electron chi connectivity index (χ4n) is 5.90. The summed E-state index contributed by atoms with van der Waals surface area (Å²) >= 11 is 3.38. The number of imide groups is 1. The van der Waals surface area contributed by atoms with Crippen LogP contribution in [0.5, 0.6) is 11.5 Å². The molecule has 0 saturated heterocycles. The molecule has 0 saturated carbocycles. The van der Waals surface area contributed by atoms with Gasteiger partial charge in [0.25, 0.3) is 11.8 Å². The number of amides is 2. The third-order valence-electron chi connectivity index (χ3n) is 7.86. The van der Waals surface area contributed by atoms with Crippen LogP contribution in [0.2, 0.25) is 0 Å². The van der Waals surface area contributed by atoms with E-state index in [4.69, 9.17) is 4.74 Å². The number of aliphatic hydroxyl groups is 2. The lowest BCUT2D eigenvalue weighted by Gasteiger charge is -2.36. The van der Waals surface area contributed by atoms with Crippen molar-refractivity contribution in [3.8, 4) is 17.6 Å². The minimum absolute atomic E-state index is 0.0441. The Morgan fingerprint density at radius 3 is 2.62 bits per heavy atom. The molecule has 2 amide bonds. The van der Waals surface area contributed by atoms with Crippen molar-refractivity contribution in [3.05, 3.63) is 87.4 Å². The van der Waals surface area contributed by atoms with E-state index < -0.39 is 24.0 Å². The maximum Gasteiger partial charge on any atom is 0.262 e. The van der Waals surface area contributed by atoms with Crippen molar-refractivity contribution in [1.82, 2.24) is 4.90 Å². The van der Waals surface area contributed by atoms with E-state index in [1.807, 2.05) is 35.2 Å². The molecule has 0 bridgehead atoms. The van der Waals surface area contributed by atoms with Crippen molar-refractivity contribution in [1.29, 1.82) is 5.26 Å². The van der Waals surface area contributed by atoms with E-state index in [0.29, 0.717) is 22.9 Å². The number of rotatable bonds is 8. The summed E-state index contributed by atoms with van der Waals surface area (Å²) in [7, 11) is 0. The van der Waals surface area contributed by atoms with Gasteiger partial charge in [0.2, 0.25) is 0 Å². The molecule has 6 rings (SSSR count). The number of phenolic OH excluding ortho intramolecular Hbond substituents is 1. The summed E-state index contributed by atoms with van der Waals surface area (Å²) in [5.41, 5.74) is 2.09. The summed E-state index contributed by atoms with van der Waals surface area (Å²) < 4.78 is 5.90. The highest BCUT2D eigenvalue weighted by molar-refractivity contribution is 9.10. The first kappa shape index (κ1) is 30.2. The number of benzene rings is 4. The van der Waals surface area contributed by atoms with E-state index in [1.54, 1.807) is 31.2 Å². The third-order valence-corrected chi connectivity index (χ3v) is 8.63. The Morgan fingerprint density at radius 1 is 1.11 bits per heavy atom. The van der Waals surface area contributed by atoms with Gasteiger partial charge in [-0.15, -0.1) is 10.2 Å². The molecule has 11 nitrogen and oxygen atoms in total. The normalized spacial score (nSPS) is 16.6. The van der Waals surface area contributed by atoms with Gasteiger partial charge in [-0.25, -0.2) is 0 Å². The largest absolute Gasteiger partial charge is 0.507 e. The quantitative estimate of drug-likeness (QED) is 0.167. The third kappa shape index (κ3) is 5.50. The molecule has 0 radical (unpaired) electrons. The zero-order valence-electron chi connectivity index (χ0n) is 24.1. The summed E-state index contributed by atoms with van der Waals surface area (Å²) in [4.78, 5) is 28.7. The highest BCUT2D eigenvalue weighted by atomic mass is 79.9. The molecule has 0 spiro atoms. The van der Waals surface area contributed by atoms with Crippen molar-refractivity contribution in [2.24, 2.45) is 10.2 Å². The number of halogens is 1. The number of nitriles is 1. The highest BCUT2D eigenvalue weighted by Gasteiger charge is 2.38. The lowest BCUT2D eigenvalue weighted by atomic mass is 9.93. The predicted octanol–water partition coefficient (Wildman–Crippen LogP) is 5.37. The molecule has 0 aromatic heterocycles. The summed E-state index contributed by atoms with van der Waals surface area (Å²) in [5.74, 6) is -0.401. The van der Waals surface area contributed by atoms with E-state index >= 15 is 0 Å². The maximum absolute atomic E-state index is 12.9. The molecule has 12 heteroatoms. The fourth-order valence-corrected chi connectivity index (χ4v) is 6.58. The highest BCUT2D eigenvalue weighted by Crippen LogP contribution is 2.45. The number of aliphatic hydroxyl groups excluding tert-OH is 2. The number of hydrogen-bond donors (Lipinski definition) is 3. The smallest absolute Gasteiger partial charge is 0.262 e. The molecule has 2 heterocycles. The lowest BCUT2D eigenvalue weighted by Crippen LogP contribution is -2.44. The van der Waals surface area contributed by atoms with Crippen LogP contribution in [-0.4, -0.2) is 70.5 Å². The minimum Gasteiger partial charge on any atom is -0.507 e. The summed E-state index contributed by atoms with van der Waals surface area (Å²) in [6.45, 7) is 2.33. The second-order valence-corrected chi connectivity index (χ2v) is 11.6. The molecule has 2 aliphatic rings. The Bertz CT molecular complexity index is 1910. The number of aromatic hydroxyl groups is 1. The second-order valence-electron chi connectivity index (χ2n) is 10.8. The van der Waals surface area contributed by atoms with Gasteiger partial charge in [0.1, 0.15) is 36.0 Å². The number of ether oxygens (including phenoxy) is 1. The van der Waals surface area contributed by atoms with E-state index in [9.17, 15) is 30.2 Å². The number of fused-ring (bicyclic) bond motifs is 4. The Labute approximate surface area is 266 Å². The van der Waals surface area contributed by atoms with Gasteiger partial charge in [-0.2, -0.15) is 5.26 Å². The Hall–Kier alpha value is -4.83. The van der Waals surface area contributed by atoms with Gasteiger partial charge >= 0.3 is 0 Å². The average Bonchev–Trinajstić information content (AvgIpc) is 3.27. The number of azo groups is 1. The van der Waals surface area contributed by atoms with Gasteiger partial charge in [-0.05, 0) is 58.7 Å². The summed E-state index contributed by atoms with van der Waals surface area (Å²) in [6, 6.07) is 19.3. The van der Waals surface area contributed by atoms with Crippen LogP contribution in [0, 0.1) is 11.3 Å². The first-order valence-electron chi connectivity index (χ1n) is 14.3. The van der Waals surface area contributed by atoms with Crippen molar-refractivity contribution in [3.63, 3.8) is 0 Å². The predicted molar refractivity (Wildman–Crippen MR) is 170 cm³/mol. The molecule has 0 fully saturated rings. The van der Waals surface area contributed by atoms with Crippen LogP contribution in [0.25, 0.3) is 10.8 Å². The van der Waals surface area contributed by atoms with Crippen LogP contribution >= 0.6 is 15.9 Å². The number of β-amino-alcohol motifs (C(OH)–C–C–N with tert-alkyl or cyclic N) is 2. The van der Waals surface area contributed by atoms with Crippen LogP contribution in [0.15, 0.2) is 75.4 Å². The monoisotopic (exact) mass is 669 g/mol. The standard InChI is InChI=1S/C33H28BrN5O6/c1-2-39-32(43)24-12-19(14-35)30(29(34)28(24)33(39)44)37-36-25-13-18-11-20(40)15-38(31(18)23-9-6-10-26(42)27(23)25)16-21(41)17-45-22-7-4-3-5-8-22/h3-10,12-13,20-21,40-42H,2,11,15-17H2,1H3. The van der Waals surface area contributed by atoms with Crippen molar-refractivity contribution >= 4 is 55.6 Å². The Kier molecular flexibility index (Phi) is 8.24. The molecular formula is C33H28BrN5O6. The molecule has 4 aromatic carbocycles. The Balaban J connectivity index is 1.39. The number of anilines is 1. The van der Waals surface area contributed by atoms with E-state index in [-0.39, 0.29) is 64.5 Å². The molecule has 2 atom stereocenters. The molecule has 2 aliphatic heterocycles. The van der Waals surface area contributed by atoms with Gasteiger partial charge in [-0.3, -0.25) is 14.5 Å². The molecule has 2 unspecified atom stereocenters. The number of nitrogens with zero attached hydrogens (tertiary/aromatic N) is 5. The van der Waals surface area contributed by atoms with Gasteiger partial charge in [0.05, 0.1) is 38.3 Å². The number of para-hydroxylation sites is 1. The second kappa shape index (κ2) is 12.3. The number of carbonyl (C=O) groups is 2. The SMILES string of the molecule is CCN1C(=O)c2cc(C#N)c(N=Nc3cc4c(c5cccc(O)c35)N(CC(O)COc3ccccc3)CC(O)C4)c(Br)c2C1=O. The van der Waals surface area contributed by atoms with Crippen LogP contribution in [0.1, 0.15) is 38.8 Å². The van der Waals surface area contributed by atoms with Crippen LogP contribution < -0.4 is 9.64 Å². The van der Waals surface area contributed by atoms with Gasteiger partial charge in [0.15, 0.2) is 0 Å². The first-order chi connectivity index (χ1) is 21.7. The van der Waals surface area contributed by atoms with Gasteiger partial charge < -0.3 is 25.0 Å². The number of carbonyl (C=O) groups excluding carboxylic acids is 2. The van der Waals surface area contributed by atoms with Crippen LogP contribution in [0.3, 0.4) is 0 Å². The van der Waals surface area contributed by atoms with Crippen molar-refractivity contribution in [2.45, 2.75) is 25.6 Å². The van der Waals surface area contributed by atoms with Gasteiger partial charge in [0, 0.05) is 37.1 Å². The van der Waals surface area contributed by atoms with Crippen LogP contribution in [-0.2, 0) is 6.42 Å². The zero-order valence-corrected chi connectivity index (χ0v) is 25.7. The number of hydrogen-bond acceptors (Lipinski definition) is 10. The fraction of sp³-hybridized carbons (Fsp3) is 0.242. The van der Waals surface area contributed by atoms with E-state index in [2.05, 4.69) is 26.2 Å². The minimum atomic E-state index is -0.880. The molecule has 4 aromatic rings. The summed E-state index contributed by atoms with van der Waals surface area (Å²) in [6.07, 6.45) is -1.32. The Morgan fingerprint density at radius 2 is 1.89 bits per heavy atom. The van der Waals surface area contributed by atoms with E-state index in [0.717, 1.165) is 16.2 Å². The van der Waals surface area contributed by atoms with Crippen molar-refractivity contribution < 1.29 is 29.6 Å². The van der Waals surface area contributed by atoms with Crippen LogP contribution in [0.4, 0.5) is 17.1 Å². The first-order valence-corrected chi connectivity index (χ1v) is 15.1. The molecular weight excluding hydrogens is 642 g/mol. The molecule has 228 valence electrons. The zero-order chi connectivity index (χ0) is 31.8. The lowest BCUT2D eigenvalue weighted by molar-refractivity contribution is 0.0662. The molecule has 3 N–H and O–H groups in total.